The minimum atomic E-state index is -0.493. The molecule has 2 saturated heterocycles. The van der Waals surface area contributed by atoms with Crippen molar-refractivity contribution in [3.05, 3.63) is 83.9 Å². The fraction of sp³-hybridized carbons (Fsp3) is 0.360. The van der Waals surface area contributed by atoms with Crippen molar-refractivity contribution in [2.24, 2.45) is 0 Å². The second-order valence-corrected chi connectivity index (χ2v) is 7.85. The summed E-state index contributed by atoms with van der Waals surface area (Å²) in [7, 11) is 1.63. The van der Waals surface area contributed by atoms with E-state index in [0.29, 0.717) is 6.61 Å². The number of hydrogen-bond donors (Lipinski definition) is 0. The molecule has 5 heteroatoms. The van der Waals surface area contributed by atoms with E-state index in [1.165, 1.54) is 5.39 Å². The normalized spacial score (nSPS) is 31.0. The van der Waals surface area contributed by atoms with Crippen molar-refractivity contribution in [2.45, 2.75) is 50.5 Å². The Kier molecular flexibility index (Phi) is 5.54. The minimum absolute atomic E-state index is 0.182. The van der Waals surface area contributed by atoms with Crippen molar-refractivity contribution < 1.29 is 23.7 Å². The van der Waals surface area contributed by atoms with Crippen LogP contribution in [0.3, 0.4) is 0 Å². The summed E-state index contributed by atoms with van der Waals surface area (Å²) in [6.07, 6.45) is -2.06. The maximum atomic E-state index is 6.40. The fourth-order valence-corrected chi connectivity index (χ4v) is 4.29. The smallest absolute Gasteiger partial charge is 0.186 e. The summed E-state index contributed by atoms with van der Waals surface area (Å²) < 4.78 is 30.5. The zero-order valence-corrected chi connectivity index (χ0v) is 17.1. The summed E-state index contributed by atoms with van der Waals surface area (Å²) in [6.45, 7) is 2.48. The largest absolute Gasteiger partial charge is 0.368 e. The molecule has 0 amide bonds. The molecule has 30 heavy (non-hydrogen) atoms. The first-order chi connectivity index (χ1) is 14.7. The Labute approximate surface area is 176 Å². The lowest BCUT2D eigenvalue weighted by Crippen LogP contribution is -2.56. The van der Waals surface area contributed by atoms with Gasteiger partial charge in [-0.1, -0.05) is 66.7 Å². The Morgan fingerprint density at radius 1 is 0.800 bits per heavy atom. The van der Waals surface area contributed by atoms with E-state index >= 15 is 0 Å². The van der Waals surface area contributed by atoms with E-state index in [2.05, 4.69) is 30.3 Å². The molecule has 0 radical (unpaired) electrons. The van der Waals surface area contributed by atoms with Gasteiger partial charge < -0.3 is 23.7 Å². The van der Waals surface area contributed by atoms with Gasteiger partial charge in [-0.15, -0.1) is 0 Å². The number of hydrogen-bond acceptors (Lipinski definition) is 5. The number of methoxy groups -OCH3 is 1. The van der Waals surface area contributed by atoms with Gasteiger partial charge in [0.1, 0.15) is 18.3 Å². The second kappa shape index (κ2) is 8.46. The molecule has 2 fully saturated rings. The maximum absolute atomic E-state index is 6.40. The van der Waals surface area contributed by atoms with Crippen molar-refractivity contribution in [1.29, 1.82) is 0 Å². The average molecular weight is 406 g/mol. The quantitative estimate of drug-likeness (QED) is 0.620. The lowest BCUT2D eigenvalue weighted by molar-refractivity contribution is -0.270. The molecule has 2 aliphatic heterocycles. The van der Waals surface area contributed by atoms with E-state index in [9.17, 15) is 0 Å². The van der Waals surface area contributed by atoms with E-state index in [1.807, 2.05) is 49.4 Å². The van der Waals surface area contributed by atoms with Crippen LogP contribution in [0.2, 0.25) is 0 Å². The molecule has 2 aliphatic rings. The molecule has 0 unspecified atom stereocenters. The van der Waals surface area contributed by atoms with Gasteiger partial charge in [-0.25, -0.2) is 0 Å². The van der Waals surface area contributed by atoms with Crippen molar-refractivity contribution in [2.75, 3.05) is 7.11 Å². The van der Waals surface area contributed by atoms with E-state index in [4.69, 9.17) is 23.7 Å². The van der Waals surface area contributed by atoms with E-state index in [1.54, 1.807) is 7.11 Å². The van der Waals surface area contributed by atoms with Crippen LogP contribution in [0.5, 0.6) is 0 Å². The molecule has 2 heterocycles. The Morgan fingerprint density at radius 2 is 1.53 bits per heavy atom. The molecule has 0 saturated carbocycles. The zero-order chi connectivity index (χ0) is 20.5. The van der Waals surface area contributed by atoms with Crippen LogP contribution in [0.4, 0.5) is 0 Å². The average Bonchev–Trinajstić information content (AvgIpc) is 3.24. The summed E-state index contributed by atoms with van der Waals surface area (Å²) >= 11 is 0. The number of ether oxygens (including phenoxy) is 5. The lowest BCUT2D eigenvalue weighted by Gasteiger charge is -2.40. The molecule has 156 valence electrons. The van der Waals surface area contributed by atoms with Gasteiger partial charge in [0.15, 0.2) is 12.6 Å². The van der Waals surface area contributed by atoms with E-state index in [0.717, 1.165) is 16.5 Å². The van der Waals surface area contributed by atoms with Crippen LogP contribution in [0, 0.1) is 0 Å². The summed E-state index contributed by atoms with van der Waals surface area (Å²) in [4.78, 5) is 0. The molecule has 3 aromatic rings. The van der Waals surface area contributed by atoms with Crippen LogP contribution in [-0.2, 0) is 30.3 Å². The Bertz CT molecular complexity index is 991. The molecule has 5 rings (SSSR count). The molecular formula is C25H26O5. The molecule has 0 aliphatic carbocycles. The summed E-state index contributed by atoms with van der Waals surface area (Å²) in [5.74, 6) is 0. The van der Waals surface area contributed by atoms with Crippen LogP contribution in [0.25, 0.3) is 10.8 Å². The highest BCUT2D eigenvalue weighted by Crippen LogP contribution is 2.41. The second-order valence-electron chi connectivity index (χ2n) is 7.85. The fourth-order valence-electron chi connectivity index (χ4n) is 4.29. The van der Waals surface area contributed by atoms with Crippen molar-refractivity contribution in [3.63, 3.8) is 0 Å². The van der Waals surface area contributed by atoms with Gasteiger partial charge in [-0.2, -0.15) is 0 Å². The molecule has 0 bridgehead atoms. The molecule has 0 aromatic heterocycles. The van der Waals surface area contributed by atoms with Crippen LogP contribution in [0.15, 0.2) is 72.8 Å². The van der Waals surface area contributed by atoms with Gasteiger partial charge in [0, 0.05) is 12.7 Å². The van der Waals surface area contributed by atoms with Crippen LogP contribution >= 0.6 is 0 Å². The molecule has 0 spiro atoms. The lowest BCUT2D eigenvalue weighted by atomic mass is 9.99. The number of fused-ring (bicyclic) bond motifs is 2. The number of benzene rings is 3. The topological polar surface area (TPSA) is 46.2 Å². The van der Waals surface area contributed by atoms with E-state index in [-0.39, 0.29) is 24.4 Å². The first-order valence-electron chi connectivity index (χ1n) is 10.4. The highest BCUT2D eigenvalue weighted by molar-refractivity contribution is 5.83. The summed E-state index contributed by atoms with van der Waals surface area (Å²) in [5, 5.41) is 2.34. The van der Waals surface area contributed by atoms with Crippen molar-refractivity contribution in [1.82, 2.24) is 0 Å². The monoisotopic (exact) mass is 406 g/mol. The standard InChI is InChI=1S/C25H26O5/c1-16-21(27-15-17-8-4-3-5-9-17)22-23(25(26-2)28-16)30-24(29-22)20-13-12-18-10-6-7-11-19(18)14-20/h3-14,16,21-25H,15H2,1-2H3/t16-,21-,22+,23+,24-,25+/m0/s1. The Hall–Kier alpha value is -2.28. The number of rotatable bonds is 5. The van der Waals surface area contributed by atoms with Crippen LogP contribution in [-0.4, -0.2) is 37.8 Å². The maximum Gasteiger partial charge on any atom is 0.186 e. The first kappa shape index (κ1) is 19.7. The Balaban J connectivity index is 1.37. The van der Waals surface area contributed by atoms with Crippen LogP contribution < -0.4 is 0 Å². The first-order valence-corrected chi connectivity index (χ1v) is 10.4. The predicted molar refractivity (Wildman–Crippen MR) is 113 cm³/mol. The highest BCUT2D eigenvalue weighted by atomic mass is 16.8. The van der Waals surface area contributed by atoms with E-state index < -0.39 is 12.6 Å². The van der Waals surface area contributed by atoms with Gasteiger partial charge in [0.05, 0.1) is 12.7 Å². The third-order valence-corrected chi connectivity index (χ3v) is 5.85. The van der Waals surface area contributed by atoms with Gasteiger partial charge in [0.25, 0.3) is 0 Å². The third-order valence-electron chi connectivity index (χ3n) is 5.85. The Morgan fingerprint density at radius 3 is 2.33 bits per heavy atom. The van der Waals surface area contributed by atoms with Gasteiger partial charge >= 0.3 is 0 Å². The van der Waals surface area contributed by atoms with Crippen LogP contribution in [0.1, 0.15) is 24.3 Å². The molecule has 3 aromatic carbocycles. The molecule has 6 atom stereocenters. The SMILES string of the molecule is CO[C@@H]1O[C@@H](C)[C@H](OCc2ccccc2)[C@H]2O[C@H](c3ccc4ccccc4c3)O[C@@H]12. The third kappa shape index (κ3) is 3.75. The van der Waals surface area contributed by atoms with Crippen molar-refractivity contribution >= 4 is 10.8 Å². The molecular weight excluding hydrogens is 380 g/mol. The molecule has 0 N–H and O–H groups in total. The van der Waals surface area contributed by atoms with Gasteiger partial charge in [-0.3, -0.25) is 0 Å². The molecule has 5 nitrogen and oxygen atoms in total. The van der Waals surface area contributed by atoms with Gasteiger partial charge in [-0.05, 0) is 29.3 Å². The van der Waals surface area contributed by atoms with Gasteiger partial charge in [0.2, 0.25) is 0 Å². The van der Waals surface area contributed by atoms with Crippen molar-refractivity contribution in [3.8, 4) is 0 Å². The summed E-state index contributed by atoms with van der Waals surface area (Å²) in [5.41, 5.74) is 2.09. The highest BCUT2D eigenvalue weighted by Gasteiger charge is 2.53. The zero-order valence-electron chi connectivity index (χ0n) is 17.1. The minimum Gasteiger partial charge on any atom is -0.368 e. The summed E-state index contributed by atoms with van der Waals surface area (Å²) in [6, 6.07) is 24.6. The predicted octanol–water partition coefficient (Wildman–Crippen LogP) is 4.60.